The molecule has 0 spiro atoms. The number of aliphatic hydroxyl groups is 1. The number of ether oxygens (including phenoxy) is 1. The number of allylic oxidation sites excluding steroid dienone is 4. The molecular formula is C42H48ClFN2O4. The highest BCUT2D eigenvalue weighted by Crippen LogP contribution is 2.72. The molecule has 6 aliphatic rings. The van der Waals surface area contributed by atoms with E-state index in [2.05, 4.69) is 30.9 Å². The van der Waals surface area contributed by atoms with Crippen LogP contribution in [0.4, 0.5) is 4.39 Å². The summed E-state index contributed by atoms with van der Waals surface area (Å²) in [6.45, 7) is 7.40. The Kier molecular flexibility index (Phi) is 8.82. The lowest BCUT2D eigenvalue weighted by molar-refractivity contribution is -0.157. The van der Waals surface area contributed by atoms with Crippen LogP contribution in [0.2, 0.25) is 0 Å². The SMILES string of the molecule is CC(=O)[C@@]1(O)CC[C@H]2[C@@H]3C=C(Cl)C4=CC(=O)[C@@H]5C[C@@H]5[C@]4(C)[C@H]3CC[C@@]21C.CN(C)CCCC1(c2ccc(F)cc2)OCc2cc(C#N)ccc21. The van der Waals surface area contributed by atoms with Gasteiger partial charge in [-0.25, -0.2) is 4.39 Å². The van der Waals surface area contributed by atoms with Crippen molar-refractivity contribution < 1.29 is 23.8 Å². The second kappa shape index (κ2) is 12.5. The minimum atomic E-state index is -1.20. The van der Waals surface area contributed by atoms with Gasteiger partial charge in [0.15, 0.2) is 11.6 Å². The van der Waals surface area contributed by atoms with E-state index in [9.17, 15) is 19.1 Å². The largest absolute Gasteiger partial charge is 0.382 e. The molecule has 1 N–H and O–H groups in total. The van der Waals surface area contributed by atoms with E-state index in [-0.39, 0.29) is 46.0 Å². The van der Waals surface area contributed by atoms with E-state index >= 15 is 0 Å². The first-order valence-electron chi connectivity index (χ1n) is 18.1. The first kappa shape index (κ1) is 35.3. The van der Waals surface area contributed by atoms with Gasteiger partial charge < -0.3 is 14.7 Å². The number of nitriles is 1. The quantitative estimate of drug-likeness (QED) is 0.331. The van der Waals surface area contributed by atoms with Crippen LogP contribution in [0.15, 0.2) is 65.2 Å². The summed E-state index contributed by atoms with van der Waals surface area (Å²) in [6.07, 6.45) is 10.0. The van der Waals surface area contributed by atoms with Crippen LogP contribution in [0.1, 0.15) is 88.0 Å². The van der Waals surface area contributed by atoms with Crippen LogP contribution in [-0.2, 0) is 26.5 Å². The fourth-order valence-electron chi connectivity index (χ4n) is 11.0. The number of hydrogen-bond acceptors (Lipinski definition) is 6. The molecule has 8 rings (SSSR count). The first-order valence-corrected chi connectivity index (χ1v) is 18.5. The molecule has 50 heavy (non-hydrogen) atoms. The number of fused-ring (bicyclic) bond motifs is 8. The minimum Gasteiger partial charge on any atom is -0.382 e. The molecule has 264 valence electrons. The number of halogens is 2. The molecule has 0 bridgehead atoms. The van der Waals surface area contributed by atoms with Crippen molar-refractivity contribution in [2.45, 2.75) is 83.5 Å². The van der Waals surface area contributed by atoms with Crippen molar-refractivity contribution in [3.05, 3.63) is 93.3 Å². The van der Waals surface area contributed by atoms with Gasteiger partial charge in [-0.2, -0.15) is 5.26 Å². The van der Waals surface area contributed by atoms with Gasteiger partial charge in [0.2, 0.25) is 0 Å². The zero-order valence-electron chi connectivity index (χ0n) is 29.8. The third kappa shape index (κ3) is 5.28. The summed E-state index contributed by atoms with van der Waals surface area (Å²) in [5.41, 5.74) is 2.61. The fraction of sp³-hybridized carbons (Fsp3) is 0.548. The van der Waals surface area contributed by atoms with Gasteiger partial charge in [0.25, 0.3) is 0 Å². The molecule has 0 saturated heterocycles. The maximum atomic E-state index is 13.4. The molecular weight excluding hydrogens is 651 g/mol. The Labute approximate surface area is 300 Å². The second-order valence-corrected chi connectivity index (χ2v) is 16.8. The van der Waals surface area contributed by atoms with Gasteiger partial charge in [-0.3, -0.25) is 9.59 Å². The van der Waals surface area contributed by atoms with E-state index < -0.39 is 11.2 Å². The van der Waals surface area contributed by atoms with Crippen molar-refractivity contribution in [1.29, 1.82) is 5.26 Å². The number of carbonyl (C=O) groups excluding carboxylic acids is 2. The molecule has 0 radical (unpaired) electrons. The number of rotatable bonds is 6. The van der Waals surface area contributed by atoms with Gasteiger partial charge in [0, 0.05) is 21.8 Å². The Morgan fingerprint density at radius 1 is 1.10 bits per heavy atom. The minimum absolute atomic E-state index is 0.0344. The summed E-state index contributed by atoms with van der Waals surface area (Å²) in [5, 5.41) is 21.1. The third-order valence-electron chi connectivity index (χ3n) is 13.8. The number of ketones is 2. The molecule has 2 aromatic carbocycles. The zero-order valence-corrected chi connectivity index (χ0v) is 30.5. The molecule has 9 atom stereocenters. The van der Waals surface area contributed by atoms with E-state index in [1.165, 1.54) is 19.1 Å². The molecule has 1 heterocycles. The second-order valence-electron chi connectivity index (χ2n) is 16.4. The van der Waals surface area contributed by atoms with E-state index in [0.29, 0.717) is 30.4 Å². The summed E-state index contributed by atoms with van der Waals surface area (Å²) in [6, 6.07) is 14.5. The first-order chi connectivity index (χ1) is 23.7. The standard InChI is InChI=1S/C22H27ClO3.C20H21FN2O/c1-11(24)22(26)7-5-14-12-9-18(23)17-10-19(25)13-8-16(13)21(17,3)15(12)4-6-20(14,22)2;1-23(2)11-3-10-20(17-5-7-18(21)8-6-17)19-9-4-15(13-22)12-16(19)14-24-20/h9-10,12-16,26H,4-8H2,1-3H3;4-9,12H,3,10-11,14H2,1-2H3/t12-,13+,14-,15-,16-,20-,21-,22-;/m0./s1. The fourth-order valence-corrected chi connectivity index (χ4v) is 11.4. The van der Waals surface area contributed by atoms with Gasteiger partial charge in [-0.1, -0.05) is 49.7 Å². The van der Waals surface area contributed by atoms with Crippen LogP contribution in [-0.4, -0.2) is 47.8 Å². The number of nitrogens with zero attached hydrogens (tertiary/aromatic N) is 2. The van der Waals surface area contributed by atoms with Crippen LogP contribution in [0.3, 0.4) is 0 Å². The Morgan fingerprint density at radius 3 is 2.50 bits per heavy atom. The number of benzene rings is 2. The van der Waals surface area contributed by atoms with E-state index in [0.717, 1.165) is 72.4 Å². The van der Waals surface area contributed by atoms with Crippen LogP contribution in [0.5, 0.6) is 0 Å². The number of carbonyl (C=O) groups is 2. The Morgan fingerprint density at radius 2 is 1.82 bits per heavy atom. The van der Waals surface area contributed by atoms with Crippen molar-refractivity contribution in [2.75, 3.05) is 20.6 Å². The van der Waals surface area contributed by atoms with Crippen molar-refractivity contribution in [1.82, 2.24) is 4.90 Å². The average molecular weight is 699 g/mol. The average Bonchev–Trinajstić information content (AvgIpc) is 3.76. The molecule has 3 fully saturated rings. The smallest absolute Gasteiger partial charge is 0.161 e. The zero-order chi connectivity index (χ0) is 35.8. The van der Waals surface area contributed by atoms with Crippen LogP contribution < -0.4 is 0 Å². The predicted octanol–water partition coefficient (Wildman–Crippen LogP) is 7.85. The molecule has 0 aromatic heterocycles. The van der Waals surface area contributed by atoms with Crippen molar-refractivity contribution in [3.63, 3.8) is 0 Å². The molecule has 1 aliphatic heterocycles. The predicted molar refractivity (Wildman–Crippen MR) is 190 cm³/mol. The van der Waals surface area contributed by atoms with Gasteiger partial charge in [0.1, 0.15) is 17.0 Å². The summed E-state index contributed by atoms with van der Waals surface area (Å²) in [7, 11) is 4.10. The Bertz CT molecular complexity index is 1830. The highest BCUT2D eigenvalue weighted by molar-refractivity contribution is 6.32. The van der Waals surface area contributed by atoms with E-state index in [4.69, 9.17) is 21.6 Å². The van der Waals surface area contributed by atoms with Gasteiger partial charge in [-0.05, 0) is 149 Å². The lowest BCUT2D eigenvalue weighted by Crippen LogP contribution is -2.56. The van der Waals surface area contributed by atoms with Gasteiger partial charge in [-0.15, -0.1) is 0 Å². The summed E-state index contributed by atoms with van der Waals surface area (Å²) in [5.74, 6) is 1.53. The lowest BCUT2D eigenvalue weighted by atomic mass is 9.47. The molecule has 0 amide bonds. The maximum absolute atomic E-state index is 13.4. The molecule has 6 nitrogen and oxygen atoms in total. The van der Waals surface area contributed by atoms with Crippen LogP contribution in [0.25, 0.3) is 0 Å². The van der Waals surface area contributed by atoms with Crippen molar-refractivity contribution in [2.24, 2.45) is 40.4 Å². The Balaban J connectivity index is 0.000000157. The van der Waals surface area contributed by atoms with Gasteiger partial charge >= 0.3 is 0 Å². The normalized spacial score (nSPS) is 37.5. The highest BCUT2D eigenvalue weighted by Gasteiger charge is 2.69. The van der Waals surface area contributed by atoms with Crippen LogP contribution in [0, 0.1) is 57.6 Å². The highest BCUT2D eigenvalue weighted by atomic mass is 35.5. The number of Topliss-reactive ketones (excluding diaryl/α,β-unsaturated/α-hetero) is 1. The van der Waals surface area contributed by atoms with Crippen molar-refractivity contribution >= 4 is 23.2 Å². The summed E-state index contributed by atoms with van der Waals surface area (Å²) >= 11 is 6.73. The summed E-state index contributed by atoms with van der Waals surface area (Å²) < 4.78 is 19.6. The summed E-state index contributed by atoms with van der Waals surface area (Å²) in [4.78, 5) is 26.7. The maximum Gasteiger partial charge on any atom is 0.161 e. The lowest BCUT2D eigenvalue weighted by Gasteiger charge is -2.57. The third-order valence-corrected chi connectivity index (χ3v) is 14.1. The molecule has 5 aliphatic carbocycles. The topological polar surface area (TPSA) is 90.6 Å². The number of hydrogen-bond donors (Lipinski definition) is 1. The van der Waals surface area contributed by atoms with E-state index in [1.54, 1.807) is 12.1 Å². The molecule has 8 heteroatoms. The molecule has 3 saturated carbocycles. The monoisotopic (exact) mass is 698 g/mol. The van der Waals surface area contributed by atoms with Crippen molar-refractivity contribution in [3.8, 4) is 6.07 Å². The Hall–Kier alpha value is -3.15. The molecule has 2 aromatic rings. The van der Waals surface area contributed by atoms with Gasteiger partial charge in [0.05, 0.1) is 18.2 Å². The molecule has 1 unspecified atom stereocenters. The van der Waals surface area contributed by atoms with Crippen LogP contribution >= 0.6 is 11.6 Å². The van der Waals surface area contributed by atoms with E-state index in [1.807, 2.05) is 38.4 Å².